The van der Waals surface area contributed by atoms with E-state index in [1.165, 1.54) is 59.9 Å². The molecule has 1 aliphatic rings. The fraction of sp³-hybridized carbons (Fsp3) is 0.375. The first-order valence-electron chi connectivity index (χ1n) is 10.0. The van der Waals surface area contributed by atoms with Crippen LogP contribution in [0.15, 0.2) is 48.7 Å². The number of nitrogens with zero attached hydrogens (tertiary/aromatic N) is 2. The highest BCUT2D eigenvalue weighted by molar-refractivity contribution is 5.87. The molecule has 0 bridgehead atoms. The molecule has 140 valence electrons. The quantitative estimate of drug-likeness (QED) is 0.615. The Kier molecular flexibility index (Phi) is 5.28. The molecule has 1 aliphatic heterocycles. The minimum Gasteiger partial charge on any atom is -0.496 e. The second-order valence-electron chi connectivity index (χ2n) is 7.48. The molecule has 0 aliphatic carbocycles. The third-order valence-electron chi connectivity index (χ3n) is 5.68. The van der Waals surface area contributed by atoms with E-state index in [9.17, 15) is 0 Å². The summed E-state index contributed by atoms with van der Waals surface area (Å²) in [5.41, 5.74) is 5.08. The number of fused-ring (bicyclic) bond motifs is 1. The third-order valence-corrected chi connectivity index (χ3v) is 5.68. The molecular weight excluding hydrogens is 332 g/mol. The van der Waals surface area contributed by atoms with E-state index >= 15 is 0 Å². The summed E-state index contributed by atoms with van der Waals surface area (Å²) in [5.74, 6) is 0.970. The molecule has 0 unspecified atom stereocenters. The maximum atomic E-state index is 5.65. The van der Waals surface area contributed by atoms with Gasteiger partial charge < -0.3 is 9.64 Å². The SMILES string of the molecule is COc1ccc2ccccc2c1CCc1cc(N2CCCCC2)c(C)cn1. The van der Waals surface area contributed by atoms with Crippen LogP contribution in [0.1, 0.15) is 36.1 Å². The zero-order chi connectivity index (χ0) is 18.6. The average molecular weight is 361 g/mol. The van der Waals surface area contributed by atoms with Gasteiger partial charge in [0.05, 0.1) is 7.11 Å². The van der Waals surface area contributed by atoms with Crippen molar-refractivity contribution in [3.63, 3.8) is 0 Å². The van der Waals surface area contributed by atoms with E-state index in [0.717, 1.165) is 24.3 Å². The standard InChI is InChI=1S/C24H28N2O/c1-18-17-25-20(16-23(18)26-14-6-3-7-15-26)11-12-22-21-9-5-4-8-19(21)10-13-24(22)27-2/h4-5,8-10,13,16-17H,3,6-7,11-12,14-15H2,1-2H3. The van der Waals surface area contributed by atoms with Crippen molar-refractivity contribution in [3.8, 4) is 5.75 Å². The largest absolute Gasteiger partial charge is 0.496 e. The highest BCUT2D eigenvalue weighted by atomic mass is 16.5. The molecule has 0 radical (unpaired) electrons. The number of anilines is 1. The van der Waals surface area contributed by atoms with Crippen molar-refractivity contribution in [2.24, 2.45) is 0 Å². The summed E-state index contributed by atoms with van der Waals surface area (Å²) >= 11 is 0. The van der Waals surface area contributed by atoms with Crippen LogP contribution in [0.5, 0.6) is 5.75 Å². The Morgan fingerprint density at radius 3 is 2.63 bits per heavy atom. The topological polar surface area (TPSA) is 25.4 Å². The second-order valence-corrected chi connectivity index (χ2v) is 7.48. The van der Waals surface area contributed by atoms with E-state index in [-0.39, 0.29) is 0 Å². The lowest BCUT2D eigenvalue weighted by atomic mass is 9.98. The fourth-order valence-corrected chi connectivity index (χ4v) is 4.19. The summed E-state index contributed by atoms with van der Waals surface area (Å²) in [6.07, 6.45) is 7.84. The second kappa shape index (κ2) is 7.99. The van der Waals surface area contributed by atoms with Crippen molar-refractivity contribution in [1.82, 2.24) is 4.98 Å². The molecule has 2 heterocycles. The Bertz CT molecular complexity index is 929. The maximum Gasteiger partial charge on any atom is 0.122 e. The van der Waals surface area contributed by atoms with Crippen LogP contribution in [0.2, 0.25) is 0 Å². The number of rotatable bonds is 5. The molecule has 1 fully saturated rings. The Labute approximate surface area is 162 Å². The van der Waals surface area contributed by atoms with Crippen LogP contribution in [-0.4, -0.2) is 25.2 Å². The number of hydrogen-bond donors (Lipinski definition) is 0. The van der Waals surface area contributed by atoms with Gasteiger partial charge in [-0.3, -0.25) is 4.98 Å². The number of aryl methyl sites for hydroxylation is 3. The molecule has 1 aromatic heterocycles. The van der Waals surface area contributed by atoms with Gasteiger partial charge in [0.1, 0.15) is 5.75 Å². The Balaban J connectivity index is 1.60. The van der Waals surface area contributed by atoms with Crippen molar-refractivity contribution in [1.29, 1.82) is 0 Å². The van der Waals surface area contributed by atoms with Crippen molar-refractivity contribution in [2.45, 2.75) is 39.0 Å². The molecule has 3 heteroatoms. The highest BCUT2D eigenvalue weighted by Crippen LogP contribution is 2.30. The van der Waals surface area contributed by atoms with E-state index in [2.05, 4.69) is 54.3 Å². The Morgan fingerprint density at radius 2 is 1.81 bits per heavy atom. The van der Waals surface area contributed by atoms with Gasteiger partial charge in [-0.1, -0.05) is 30.3 Å². The van der Waals surface area contributed by atoms with Gasteiger partial charge in [0, 0.05) is 36.2 Å². The summed E-state index contributed by atoms with van der Waals surface area (Å²) in [7, 11) is 1.76. The molecule has 0 amide bonds. The van der Waals surface area contributed by atoms with Crippen molar-refractivity contribution in [3.05, 3.63) is 65.5 Å². The molecule has 0 saturated carbocycles. The molecule has 1 saturated heterocycles. The predicted molar refractivity (Wildman–Crippen MR) is 113 cm³/mol. The third kappa shape index (κ3) is 3.78. The van der Waals surface area contributed by atoms with Crippen LogP contribution in [-0.2, 0) is 12.8 Å². The van der Waals surface area contributed by atoms with Gasteiger partial charge in [-0.05, 0) is 67.5 Å². The number of methoxy groups -OCH3 is 1. The molecule has 2 aromatic carbocycles. The molecule has 0 atom stereocenters. The smallest absolute Gasteiger partial charge is 0.122 e. The molecule has 27 heavy (non-hydrogen) atoms. The molecule has 0 spiro atoms. The van der Waals surface area contributed by atoms with Crippen LogP contribution >= 0.6 is 0 Å². The van der Waals surface area contributed by atoms with E-state index in [4.69, 9.17) is 9.72 Å². The predicted octanol–water partition coefficient (Wildman–Crippen LogP) is 5.33. The first-order valence-corrected chi connectivity index (χ1v) is 10.0. The minimum atomic E-state index is 0.922. The van der Waals surface area contributed by atoms with Crippen LogP contribution in [0.3, 0.4) is 0 Å². The fourth-order valence-electron chi connectivity index (χ4n) is 4.19. The molecular formula is C24H28N2O. The van der Waals surface area contributed by atoms with E-state index in [1.54, 1.807) is 7.11 Å². The lowest BCUT2D eigenvalue weighted by Gasteiger charge is -2.30. The van der Waals surface area contributed by atoms with Crippen LogP contribution in [0.4, 0.5) is 5.69 Å². The van der Waals surface area contributed by atoms with Gasteiger partial charge >= 0.3 is 0 Å². The monoisotopic (exact) mass is 360 g/mol. The van der Waals surface area contributed by atoms with Crippen molar-refractivity contribution < 1.29 is 4.74 Å². The van der Waals surface area contributed by atoms with E-state index < -0.39 is 0 Å². The van der Waals surface area contributed by atoms with Crippen LogP contribution in [0, 0.1) is 6.92 Å². The van der Waals surface area contributed by atoms with Crippen molar-refractivity contribution >= 4 is 16.5 Å². The summed E-state index contributed by atoms with van der Waals surface area (Å²) in [4.78, 5) is 7.25. The first kappa shape index (κ1) is 17.8. The highest BCUT2D eigenvalue weighted by Gasteiger charge is 2.15. The lowest BCUT2D eigenvalue weighted by Crippen LogP contribution is -2.30. The summed E-state index contributed by atoms with van der Waals surface area (Å²) in [5, 5.41) is 2.54. The zero-order valence-electron chi connectivity index (χ0n) is 16.4. The molecule has 4 rings (SSSR count). The number of benzene rings is 2. The van der Waals surface area contributed by atoms with Crippen molar-refractivity contribution in [2.75, 3.05) is 25.1 Å². The number of piperidine rings is 1. The molecule has 3 aromatic rings. The van der Waals surface area contributed by atoms with Gasteiger partial charge in [0.15, 0.2) is 0 Å². The normalized spacial score (nSPS) is 14.5. The first-order chi connectivity index (χ1) is 13.3. The Hall–Kier alpha value is -2.55. The lowest BCUT2D eigenvalue weighted by molar-refractivity contribution is 0.410. The Morgan fingerprint density at radius 1 is 1.00 bits per heavy atom. The van der Waals surface area contributed by atoms with Gasteiger partial charge in [0.2, 0.25) is 0 Å². The minimum absolute atomic E-state index is 0.922. The van der Waals surface area contributed by atoms with Crippen LogP contribution in [0.25, 0.3) is 10.8 Å². The summed E-state index contributed by atoms with van der Waals surface area (Å²) in [6, 6.07) is 15.1. The number of ether oxygens (including phenoxy) is 1. The molecule has 0 N–H and O–H groups in total. The number of pyridine rings is 1. The van der Waals surface area contributed by atoms with E-state index in [1.807, 2.05) is 6.20 Å². The number of hydrogen-bond acceptors (Lipinski definition) is 3. The summed E-state index contributed by atoms with van der Waals surface area (Å²) in [6.45, 7) is 4.51. The van der Waals surface area contributed by atoms with Crippen LogP contribution < -0.4 is 9.64 Å². The van der Waals surface area contributed by atoms with Gasteiger partial charge in [-0.15, -0.1) is 0 Å². The number of aromatic nitrogens is 1. The zero-order valence-corrected chi connectivity index (χ0v) is 16.4. The maximum absolute atomic E-state index is 5.65. The van der Waals surface area contributed by atoms with Gasteiger partial charge in [0.25, 0.3) is 0 Å². The van der Waals surface area contributed by atoms with Gasteiger partial charge in [-0.2, -0.15) is 0 Å². The average Bonchev–Trinajstić information content (AvgIpc) is 2.73. The van der Waals surface area contributed by atoms with E-state index in [0.29, 0.717) is 0 Å². The molecule has 3 nitrogen and oxygen atoms in total. The summed E-state index contributed by atoms with van der Waals surface area (Å²) < 4.78 is 5.65. The van der Waals surface area contributed by atoms with Gasteiger partial charge in [-0.25, -0.2) is 0 Å².